The van der Waals surface area contributed by atoms with Gasteiger partial charge >= 0.3 is 11.1 Å². The van der Waals surface area contributed by atoms with Gasteiger partial charge in [0.15, 0.2) is 5.16 Å². The van der Waals surface area contributed by atoms with Crippen LogP contribution in [-0.2, 0) is 13.5 Å². The van der Waals surface area contributed by atoms with Crippen molar-refractivity contribution in [3.8, 4) is 0 Å². The first-order valence-corrected chi connectivity index (χ1v) is 7.25. The quantitative estimate of drug-likeness (QED) is 0.608. The van der Waals surface area contributed by atoms with Crippen LogP contribution in [0, 0.1) is 0 Å². The van der Waals surface area contributed by atoms with Crippen LogP contribution in [0.25, 0.3) is 0 Å². The first-order valence-electron chi connectivity index (χ1n) is 6.43. The minimum atomic E-state index is -0.810. The average Bonchev–Trinajstić information content (AvgIpc) is 2.46. The molecule has 2 rings (SSSR count). The van der Waals surface area contributed by atoms with Gasteiger partial charge in [0.25, 0.3) is 0 Å². The zero-order chi connectivity index (χ0) is 15.4. The van der Waals surface area contributed by atoms with Crippen LogP contribution < -0.4 is 16.4 Å². The molecule has 2 heterocycles. The molecule has 2 aromatic rings. The lowest BCUT2D eigenvalue weighted by Gasteiger charge is -2.12. The van der Waals surface area contributed by atoms with Gasteiger partial charge in [-0.25, -0.2) is 9.97 Å². The molecule has 0 aliphatic carbocycles. The van der Waals surface area contributed by atoms with E-state index in [9.17, 15) is 9.59 Å². The molecule has 0 bridgehead atoms. The van der Waals surface area contributed by atoms with Crippen molar-refractivity contribution in [1.82, 2.24) is 24.7 Å². The second kappa shape index (κ2) is 6.53. The molecular formula is C12H16N6O2S. The second-order valence-electron chi connectivity index (χ2n) is 4.31. The third kappa shape index (κ3) is 3.30. The lowest BCUT2D eigenvalue weighted by molar-refractivity contribution is 0.596. The number of nitrogens with one attached hydrogen (secondary N) is 2. The minimum Gasteiger partial charge on any atom is -0.373 e. The Morgan fingerprint density at radius 1 is 1.38 bits per heavy atom. The van der Waals surface area contributed by atoms with Crippen molar-refractivity contribution in [3.63, 3.8) is 0 Å². The Kier molecular flexibility index (Phi) is 4.73. The number of aromatic nitrogens is 5. The average molecular weight is 308 g/mol. The molecule has 0 aromatic carbocycles. The molecule has 0 spiro atoms. The van der Waals surface area contributed by atoms with E-state index in [-0.39, 0.29) is 0 Å². The number of nitrogens with zero attached hydrogens (tertiary/aromatic N) is 4. The Hall–Kier alpha value is -2.16. The van der Waals surface area contributed by atoms with E-state index in [2.05, 4.69) is 32.3 Å². The van der Waals surface area contributed by atoms with Gasteiger partial charge in [-0.15, -0.1) is 0 Å². The highest BCUT2D eigenvalue weighted by Crippen LogP contribution is 2.29. The van der Waals surface area contributed by atoms with Gasteiger partial charge in [-0.3, -0.25) is 19.4 Å². The highest BCUT2D eigenvalue weighted by Gasteiger charge is 2.14. The van der Waals surface area contributed by atoms with Gasteiger partial charge < -0.3 is 5.32 Å². The number of hydrogen-bond donors (Lipinski definition) is 2. The van der Waals surface area contributed by atoms with E-state index in [1.807, 2.05) is 0 Å². The molecule has 0 aliphatic heterocycles. The van der Waals surface area contributed by atoms with Crippen LogP contribution in [0.15, 0.2) is 26.1 Å². The summed E-state index contributed by atoms with van der Waals surface area (Å²) < 4.78 is 1.41. The van der Waals surface area contributed by atoms with Crippen molar-refractivity contribution in [3.05, 3.63) is 32.6 Å². The van der Waals surface area contributed by atoms with Crippen LogP contribution in [0.2, 0.25) is 0 Å². The highest BCUT2D eigenvalue weighted by atomic mass is 32.2. The standard InChI is InChI=1S/C12H16N6O2S/c1-4-5-7-8(13-2)14-6-15-11(7)21-12-16-9(19)10(20)17-18(12)3/h6H,4-5H2,1-3H3,(H,17,20)(H,13,14,15). The summed E-state index contributed by atoms with van der Waals surface area (Å²) in [5.41, 5.74) is -0.585. The van der Waals surface area contributed by atoms with E-state index >= 15 is 0 Å². The summed E-state index contributed by atoms with van der Waals surface area (Å²) in [5.74, 6) is 0.753. The van der Waals surface area contributed by atoms with Gasteiger partial charge in [0.2, 0.25) is 0 Å². The summed E-state index contributed by atoms with van der Waals surface area (Å²) in [6.07, 6.45) is 3.20. The topological polar surface area (TPSA) is 106 Å². The lowest BCUT2D eigenvalue weighted by atomic mass is 10.2. The molecule has 0 aliphatic rings. The number of aryl methyl sites for hydroxylation is 1. The summed E-state index contributed by atoms with van der Waals surface area (Å²) >= 11 is 1.22. The molecule has 0 unspecified atom stereocenters. The Morgan fingerprint density at radius 3 is 2.81 bits per heavy atom. The fourth-order valence-electron chi connectivity index (χ4n) is 1.81. The van der Waals surface area contributed by atoms with Crippen molar-refractivity contribution in [2.24, 2.45) is 7.05 Å². The molecule has 21 heavy (non-hydrogen) atoms. The van der Waals surface area contributed by atoms with Gasteiger partial charge in [-0.1, -0.05) is 13.3 Å². The molecule has 2 N–H and O–H groups in total. The number of rotatable bonds is 5. The first-order chi connectivity index (χ1) is 10.1. The van der Waals surface area contributed by atoms with E-state index in [0.717, 1.165) is 24.2 Å². The van der Waals surface area contributed by atoms with E-state index in [1.54, 1.807) is 14.1 Å². The molecule has 2 aromatic heterocycles. The fraction of sp³-hybridized carbons (Fsp3) is 0.417. The van der Waals surface area contributed by atoms with Crippen molar-refractivity contribution in [1.29, 1.82) is 0 Å². The third-order valence-corrected chi connectivity index (χ3v) is 3.87. The maximum absolute atomic E-state index is 11.4. The van der Waals surface area contributed by atoms with Crippen molar-refractivity contribution in [2.45, 2.75) is 29.9 Å². The van der Waals surface area contributed by atoms with Gasteiger partial charge in [-0.2, -0.15) is 4.98 Å². The molecule has 0 saturated heterocycles. The lowest BCUT2D eigenvalue weighted by Crippen LogP contribution is -2.33. The van der Waals surface area contributed by atoms with Crippen molar-refractivity contribution < 1.29 is 0 Å². The Bertz CT molecular complexity index is 754. The number of anilines is 1. The summed E-state index contributed by atoms with van der Waals surface area (Å²) in [6.45, 7) is 2.06. The number of H-pyrrole nitrogens is 1. The van der Waals surface area contributed by atoms with E-state index in [0.29, 0.717) is 10.2 Å². The van der Waals surface area contributed by atoms with E-state index in [1.165, 1.54) is 22.8 Å². The molecule has 0 radical (unpaired) electrons. The first kappa shape index (κ1) is 15.2. The Labute approximate surface area is 125 Å². The van der Waals surface area contributed by atoms with Crippen LogP contribution in [0.5, 0.6) is 0 Å². The molecule has 8 nitrogen and oxygen atoms in total. The SMILES string of the molecule is CCCc1c(NC)ncnc1Sc1nc(=O)c(=O)[nH]n1C. The third-order valence-electron chi connectivity index (χ3n) is 2.78. The summed E-state index contributed by atoms with van der Waals surface area (Å²) in [5, 5.41) is 6.53. The molecule has 0 saturated carbocycles. The van der Waals surface area contributed by atoms with Crippen LogP contribution >= 0.6 is 11.8 Å². The zero-order valence-electron chi connectivity index (χ0n) is 12.0. The fourth-order valence-corrected chi connectivity index (χ4v) is 2.72. The summed E-state index contributed by atoms with van der Waals surface area (Å²) in [4.78, 5) is 34.8. The Morgan fingerprint density at radius 2 is 2.14 bits per heavy atom. The Balaban J connectivity index is 2.46. The predicted molar refractivity (Wildman–Crippen MR) is 79.8 cm³/mol. The summed E-state index contributed by atoms with van der Waals surface area (Å²) in [7, 11) is 3.42. The maximum atomic E-state index is 11.4. The van der Waals surface area contributed by atoms with Gasteiger partial charge in [0.05, 0.1) is 0 Å². The maximum Gasteiger partial charge on any atom is 0.339 e. The number of aromatic amines is 1. The largest absolute Gasteiger partial charge is 0.373 e. The van der Waals surface area contributed by atoms with Crippen LogP contribution in [0.3, 0.4) is 0 Å². The van der Waals surface area contributed by atoms with Gasteiger partial charge in [0.1, 0.15) is 17.2 Å². The van der Waals surface area contributed by atoms with Gasteiger partial charge in [0, 0.05) is 19.7 Å². The van der Waals surface area contributed by atoms with Crippen LogP contribution in [-0.4, -0.2) is 31.8 Å². The van der Waals surface area contributed by atoms with Crippen LogP contribution in [0.1, 0.15) is 18.9 Å². The smallest absolute Gasteiger partial charge is 0.339 e. The van der Waals surface area contributed by atoms with E-state index < -0.39 is 11.1 Å². The van der Waals surface area contributed by atoms with E-state index in [4.69, 9.17) is 0 Å². The molecule has 0 fully saturated rings. The molecular weight excluding hydrogens is 292 g/mol. The monoisotopic (exact) mass is 308 g/mol. The minimum absolute atomic E-state index is 0.373. The zero-order valence-corrected chi connectivity index (χ0v) is 12.8. The predicted octanol–water partition coefficient (Wildman–Crippen LogP) is 0.404. The second-order valence-corrected chi connectivity index (χ2v) is 5.26. The normalized spacial score (nSPS) is 10.6. The summed E-state index contributed by atoms with van der Waals surface area (Å²) in [6, 6.07) is 0. The molecule has 9 heteroatoms. The van der Waals surface area contributed by atoms with Crippen molar-refractivity contribution >= 4 is 17.6 Å². The van der Waals surface area contributed by atoms with Crippen LogP contribution in [0.4, 0.5) is 5.82 Å². The highest BCUT2D eigenvalue weighted by molar-refractivity contribution is 7.99. The molecule has 112 valence electrons. The number of hydrogen-bond acceptors (Lipinski definition) is 7. The molecule has 0 amide bonds. The van der Waals surface area contributed by atoms with Crippen molar-refractivity contribution in [2.75, 3.05) is 12.4 Å². The molecule has 0 atom stereocenters. The van der Waals surface area contributed by atoms with Gasteiger partial charge in [-0.05, 0) is 18.2 Å².